The zero-order valence-corrected chi connectivity index (χ0v) is 9.68. The molecule has 1 aliphatic carbocycles. The lowest BCUT2D eigenvalue weighted by Gasteiger charge is -2.04. The highest BCUT2D eigenvalue weighted by molar-refractivity contribution is 6.31. The lowest BCUT2D eigenvalue weighted by atomic mass is 10.0. The van der Waals surface area contributed by atoms with Gasteiger partial charge in [0.25, 0.3) is 0 Å². The first-order valence-corrected chi connectivity index (χ1v) is 5.53. The van der Waals surface area contributed by atoms with E-state index in [0.29, 0.717) is 22.1 Å². The summed E-state index contributed by atoms with van der Waals surface area (Å²) in [6.07, 6.45) is 1.19. The monoisotopic (exact) mass is 230 g/mol. The fourth-order valence-corrected chi connectivity index (χ4v) is 2.32. The summed E-state index contributed by atoms with van der Waals surface area (Å²) in [5.41, 5.74) is 1.06. The Morgan fingerprint density at radius 2 is 2.07 bits per heavy atom. The van der Waals surface area contributed by atoms with Gasteiger partial charge in [0, 0.05) is 0 Å². The first-order chi connectivity index (χ1) is 6.59. The number of hydrogen-bond acceptors (Lipinski definition) is 2. The van der Waals surface area contributed by atoms with Gasteiger partial charge in [-0.3, -0.25) is 0 Å². The summed E-state index contributed by atoms with van der Waals surface area (Å²) in [6.45, 7) is 4.46. The maximum absolute atomic E-state index is 5.97. The molecule has 0 spiro atoms. The van der Waals surface area contributed by atoms with E-state index in [0.717, 1.165) is 11.5 Å². The predicted molar refractivity (Wildman–Crippen MR) is 57.7 cm³/mol. The van der Waals surface area contributed by atoms with Crippen LogP contribution in [0.25, 0.3) is 0 Å². The lowest BCUT2D eigenvalue weighted by molar-refractivity contribution is 0.548. The number of halogens is 2. The first-order valence-electron chi connectivity index (χ1n) is 4.78. The van der Waals surface area contributed by atoms with Gasteiger partial charge < -0.3 is 0 Å². The summed E-state index contributed by atoms with van der Waals surface area (Å²) >= 11 is 11.8. The second-order valence-corrected chi connectivity index (χ2v) is 4.91. The minimum atomic E-state index is 0.429. The molecule has 0 unspecified atom stereocenters. The van der Waals surface area contributed by atoms with E-state index in [1.807, 2.05) is 6.07 Å². The largest absolute Gasteiger partial charge is 0.155 e. The Morgan fingerprint density at radius 1 is 1.36 bits per heavy atom. The molecule has 4 heteroatoms. The van der Waals surface area contributed by atoms with E-state index in [-0.39, 0.29) is 0 Å². The van der Waals surface area contributed by atoms with E-state index in [1.165, 1.54) is 6.42 Å². The zero-order chi connectivity index (χ0) is 10.3. The summed E-state index contributed by atoms with van der Waals surface area (Å²) in [7, 11) is 0. The van der Waals surface area contributed by atoms with Crippen LogP contribution < -0.4 is 0 Å². The molecule has 2 atom stereocenters. The third-order valence-electron chi connectivity index (χ3n) is 2.84. The van der Waals surface area contributed by atoms with Crippen LogP contribution in [0.2, 0.25) is 10.3 Å². The number of nitrogens with zero attached hydrogens (tertiary/aromatic N) is 2. The topological polar surface area (TPSA) is 25.8 Å². The molecule has 0 saturated heterocycles. The van der Waals surface area contributed by atoms with Crippen molar-refractivity contribution in [3.63, 3.8) is 0 Å². The molecule has 1 fully saturated rings. The smallest absolute Gasteiger partial charge is 0.137 e. The molecule has 1 aliphatic rings. The van der Waals surface area contributed by atoms with Gasteiger partial charge in [-0.25, -0.2) is 0 Å². The maximum Gasteiger partial charge on any atom is 0.155 e. The van der Waals surface area contributed by atoms with Crippen LogP contribution in [0.5, 0.6) is 0 Å². The molecule has 1 heterocycles. The SMILES string of the molecule is CC(C)[C@@H]1C[C@H]1c1cc(Cl)nnc1Cl. The van der Waals surface area contributed by atoms with Gasteiger partial charge in [-0.1, -0.05) is 37.0 Å². The Labute approximate surface area is 93.6 Å². The standard InChI is InChI=1S/C10H12Cl2N2/c1-5(2)6-3-7(6)8-4-9(11)13-14-10(8)12/h4-7H,3H2,1-2H3/t6-,7+/m0/s1. The Balaban J connectivity index is 2.22. The molecule has 0 bridgehead atoms. The van der Waals surface area contributed by atoms with Crippen LogP contribution in [0.1, 0.15) is 31.7 Å². The lowest BCUT2D eigenvalue weighted by Crippen LogP contribution is -1.95. The Hall–Kier alpha value is -0.340. The molecule has 2 nitrogen and oxygen atoms in total. The highest BCUT2D eigenvalue weighted by atomic mass is 35.5. The molecule has 1 aromatic rings. The average Bonchev–Trinajstić information content (AvgIpc) is 2.88. The van der Waals surface area contributed by atoms with Crippen LogP contribution in [0.3, 0.4) is 0 Å². The van der Waals surface area contributed by atoms with Crippen molar-refractivity contribution in [3.05, 3.63) is 21.9 Å². The van der Waals surface area contributed by atoms with Crippen molar-refractivity contribution in [2.45, 2.75) is 26.2 Å². The van der Waals surface area contributed by atoms with Gasteiger partial charge in [-0.15, -0.1) is 10.2 Å². The molecular weight excluding hydrogens is 219 g/mol. The van der Waals surface area contributed by atoms with Crippen LogP contribution in [-0.2, 0) is 0 Å². The van der Waals surface area contributed by atoms with Gasteiger partial charge in [0.1, 0.15) is 0 Å². The Bertz CT molecular complexity index is 352. The third-order valence-corrected chi connectivity index (χ3v) is 3.32. The van der Waals surface area contributed by atoms with Crippen LogP contribution in [0.15, 0.2) is 6.07 Å². The average molecular weight is 231 g/mol. The fourth-order valence-electron chi connectivity index (χ4n) is 1.94. The first kappa shape index (κ1) is 10.2. The molecule has 1 saturated carbocycles. The van der Waals surface area contributed by atoms with Crippen molar-refractivity contribution in [1.82, 2.24) is 10.2 Å². The van der Waals surface area contributed by atoms with Gasteiger partial charge in [0.05, 0.1) is 0 Å². The highest BCUT2D eigenvalue weighted by Crippen LogP contribution is 2.53. The van der Waals surface area contributed by atoms with Crippen LogP contribution in [-0.4, -0.2) is 10.2 Å². The van der Waals surface area contributed by atoms with Crippen molar-refractivity contribution in [2.24, 2.45) is 11.8 Å². The second-order valence-electron chi connectivity index (χ2n) is 4.16. The van der Waals surface area contributed by atoms with Gasteiger partial charge in [-0.05, 0) is 35.8 Å². The molecule has 0 aromatic carbocycles. The van der Waals surface area contributed by atoms with Crippen molar-refractivity contribution >= 4 is 23.2 Å². The van der Waals surface area contributed by atoms with Gasteiger partial charge in [0.2, 0.25) is 0 Å². The maximum atomic E-state index is 5.97. The predicted octanol–water partition coefficient (Wildman–Crippen LogP) is 3.54. The number of hydrogen-bond donors (Lipinski definition) is 0. The van der Waals surface area contributed by atoms with E-state index in [2.05, 4.69) is 24.0 Å². The summed E-state index contributed by atoms with van der Waals surface area (Å²) in [5.74, 6) is 1.96. The van der Waals surface area contributed by atoms with Crippen LogP contribution in [0.4, 0.5) is 0 Å². The molecule has 76 valence electrons. The summed E-state index contributed by atoms with van der Waals surface area (Å²) in [6, 6.07) is 1.84. The van der Waals surface area contributed by atoms with Crippen molar-refractivity contribution in [2.75, 3.05) is 0 Å². The minimum Gasteiger partial charge on any atom is -0.137 e. The van der Waals surface area contributed by atoms with E-state index in [1.54, 1.807) is 0 Å². The molecule has 0 radical (unpaired) electrons. The molecule has 0 N–H and O–H groups in total. The zero-order valence-electron chi connectivity index (χ0n) is 8.17. The van der Waals surface area contributed by atoms with E-state index in [9.17, 15) is 0 Å². The van der Waals surface area contributed by atoms with Gasteiger partial charge >= 0.3 is 0 Å². The van der Waals surface area contributed by atoms with E-state index in [4.69, 9.17) is 23.2 Å². The highest BCUT2D eigenvalue weighted by Gasteiger charge is 2.41. The Morgan fingerprint density at radius 3 is 2.64 bits per heavy atom. The molecule has 2 rings (SSSR count). The van der Waals surface area contributed by atoms with Crippen LogP contribution in [0, 0.1) is 11.8 Å². The van der Waals surface area contributed by atoms with Gasteiger partial charge in [-0.2, -0.15) is 0 Å². The van der Waals surface area contributed by atoms with E-state index >= 15 is 0 Å². The fraction of sp³-hybridized carbons (Fsp3) is 0.600. The summed E-state index contributed by atoms with van der Waals surface area (Å²) in [4.78, 5) is 0. The van der Waals surface area contributed by atoms with Gasteiger partial charge in [0.15, 0.2) is 10.3 Å². The van der Waals surface area contributed by atoms with Crippen LogP contribution >= 0.6 is 23.2 Å². The molecule has 0 aliphatic heterocycles. The third kappa shape index (κ3) is 1.86. The minimum absolute atomic E-state index is 0.429. The number of rotatable bonds is 2. The number of aromatic nitrogens is 2. The molecule has 1 aromatic heterocycles. The summed E-state index contributed by atoms with van der Waals surface area (Å²) in [5, 5.41) is 8.45. The van der Waals surface area contributed by atoms with Crippen molar-refractivity contribution in [3.8, 4) is 0 Å². The summed E-state index contributed by atoms with van der Waals surface area (Å²) < 4.78 is 0. The van der Waals surface area contributed by atoms with E-state index < -0.39 is 0 Å². The van der Waals surface area contributed by atoms with Crippen molar-refractivity contribution < 1.29 is 0 Å². The second kappa shape index (κ2) is 3.67. The molecule has 14 heavy (non-hydrogen) atoms. The Kier molecular flexibility index (Phi) is 2.67. The molecular formula is C10H12Cl2N2. The van der Waals surface area contributed by atoms with Crippen molar-refractivity contribution in [1.29, 1.82) is 0 Å². The quantitative estimate of drug-likeness (QED) is 0.777. The molecule has 0 amide bonds. The normalized spacial score (nSPS) is 25.5.